The molecular weight excluding hydrogens is 336 g/mol. The number of halogens is 1. The van der Waals surface area contributed by atoms with E-state index in [0.717, 1.165) is 19.3 Å². The Bertz CT molecular complexity index is 504. The summed E-state index contributed by atoms with van der Waals surface area (Å²) in [4.78, 5) is 22.5. The number of rotatable bonds is 7. The molecular formula is C15H21BrN2O3. The predicted molar refractivity (Wildman–Crippen MR) is 86.8 cm³/mol. The Kier molecular flexibility index (Phi) is 7.22. The van der Waals surface area contributed by atoms with Crippen molar-refractivity contribution < 1.29 is 14.7 Å². The second-order valence-electron chi connectivity index (χ2n) is 5.27. The van der Waals surface area contributed by atoms with E-state index < -0.39 is 5.97 Å². The molecule has 2 amide bonds. The van der Waals surface area contributed by atoms with E-state index in [9.17, 15) is 9.59 Å². The summed E-state index contributed by atoms with van der Waals surface area (Å²) in [5.74, 6) is -0.320. The molecule has 0 aliphatic heterocycles. The van der Waals surface area contributed by atoms with Crippen molar-refractivity contribution in [1.29, 1.82) is 0 Å². The van der Waals surface area contributed by atoms with Crippen LogP contribution in [-0.2, 0) is 0 Å². The molecule has 0 atom stereocenters. The normalized spacial score (nSPS) is 10.5. The summed E-state index contributed by atoms with van der Waals surface area (Å²) in [6.45, 7) is 4.99. The van der Waals surface area contributed by atoms with Gasteiger partial charge < -0.3 is 15.7 Å². The summed E-state index contributed by atoms with van der Waals surface area (Å²) in [6, 6.07) is 4.18. The van der Waals surface area contributed by atoms with Crippen LogP contribution in [0, 0.1) is 5.92 Å². The van der Waals surface area contributed by atoms with Crippen molar-refractivity contribution in [3.05, 3.63) is 28.2 Å². The Morgan fingerprint density at radius 3 is 2.57 bits per heavy atom. The number of nitrogens with one attached hydrogen (secondary N) is 2. The lowest BCUT2D eigenvalue weighted by molar-refractivity contribution is 0.0697. The lowest BCUT2D eigenvalue weighted by Gasteiger charge is -2.10. The second-order valence-corrected chi connectivity index (χ2v) is 6.12. The summed E-state index contributed by atoms with van der Waals surface area (Å²) in [7, 11) is 0. The van der Waals surface area contributed by atoms with Gasteiger partial charge in [0.25, 0.3) is 0 Å². The fraction of sp³-hybridized carbons (Fsp3) is 0.467. The van der Waals surface area contributed by atoms with E-state index in [1.54, 1.807) is 6.07 Å². The van der Waals surface area contributed by atoms with Crippen molar-refractivity contribution in [3.63, 3.8) is 0 Å². The molecule has 0 radical (unpaired) electrons. The fourth-order valence-electron chi connectivity index (χ4n) is 1.80. The minimum Gasteiger partial charge on any atom is -0.478 e. The topological polar surface area (TPSA) is 78.4 Å². The lowest BCUT2D eigenvalue weighted by atomic mass is 10.1. The third-order valence-corrected chi connectivity index (χ3v) is 3.61. The molecule has 0 saturated carbocycles. The van der Waals surface area contributed by atoms with E-state index in [4.69, 9.17) is 5.11 Å². The molecule has 1 rings (SSSR count). The summed E-state index contributed by atoms with van der Waals surface area (Å²) in [5, 5.41) is 14.3. The van der Waals surface area contributed by atoms with Gasteiger partial charge in [0, 0.05) is 11.0 Å². The lowest BCUT2D eigenvalue weighted by Crippen LogP contribution is -2.29. The maximum atomic E-state index is 11.7. The largest absolute Gasteiger partial charge is 0.478 e. The zero-order valence-electron chi connectivity index (χ0n) is 12.3. The highest BCUT2D eigenvalue weighted by atomic mass is 79.9. The first-order chi connectivity index (χ1) is 9.90. The van der Waals surface area contributed by atoms with Crippen LogP contribution < -0.4 is 10.6 Å². The van der Waals surface area contributed by atoms with Crippen molar-refractivity contribution >= 4 is 33.6 Å². The van der Waals surface area contributed by atoms with Gasteiger partial charge in [-0.1, -0.05) is 26.7 Å². The molecule has 6 heteroatoms. The number of hydrogen-bond donors (Lipinski definition) is 3. The Balaban J connectivity index is 2.39. The molecule has 0 fully saturated rings. The van der Waals surface area contributed by atoms with Gasteiger partial charge in [-0.2, -0.15) is 0 Å². The van der Waals surface area contributed by atoms with Gasteiger partial charge in [0.15, 0.2) is 0 Å². The third-order valence-electron chi connectivity index (χ3n) is 2.96. The van der Waals surface area contributed by atoms with Gasteiger partial charge in [-0.3, -0.25) is 0 Å². The highest BCUT2D eigenvalue weighted by Crippen LogP contribution is 2.23. The van der Waals surface area contributed by atoms with Crippen molar-refractivity contribution in [2.75, 3.05) is 11.9 Å². The van der Waals surface area contributed by atoms with Gasteiger partial charge in [0.1, 0.15) is 0 Å². The van der Waals surface area contributed by atoms with Gasteiger partial charge in [-0.25, -0.2) is 9.59 Å². The molecule has 0 aliphatic carbocycles. The van der Waals surface area contributed by atoms with E-state index in [-0.39, 0.29) is 11.6 Å². The van der Waals surface area contributed by atoms with Crippen molar-refractivity contribution in [2.24, 2.45) is 5.92 Å². The number of benzene rings is 1. The molecule has 0 unspecified atom stereocenters. The van der Waals surface area contributed by atoms with Crippen LogP contribution in [0.15, 0.2) is 22.7 Å². The number of aromatic carboxylic acids is 1. The van der Waals surface area contributed by atoms with Gasteiger partial charge in [0.05, 0.1) is 11.3 Å². The molecule has 0 aliphatic rings. The SMILES string of the molecule is CC(C)CCCCNC(=O)Nc1ccc(C(=O)O)cc1Br. The molecule has 5 nitrogen and oxygen atoms in total. The van der Waals surface area contributed by atoms with Gasteiger partial charge >= 0.3 is 12.0 Å². The molecule has 3 N–H and O–H groups in total. The van der Waals surface area contributed by atoms with Crippen LogP contribution in [0.5, 0.6) is 0 Å². The molecule has 0 heterocycles. The number of carbonyl (C=O) groups is 2. The monoisotopic (exact) mass is 356 g/mol. The highest BCUT2D eigenvalue weighted by Gasteiger charge is 2.08. The van der Waals surface area contributed by atoms with Crippen LogP contribution in [0.4, 0.5) is 10.5 Å². The van der Waals surface area contributed by atoms with Crippen molar-refractivity contribution in [1.82, 2.24) is 5.32 Å². The molecule has 21 heavy (non-hydrogen) atoms. The summed E-state index contributed by atoms with van der Waals surface area (Å²) in [6.07, 6.45) is 3.20. The van der Waals surface area contributed by atoms with Crippen molar-refractivity contribution in [2.45, 2.75) is 33.1 Å². The molecule has 0 aromatic heterocycles. The van der Waals surface area contributed by atoms with Crippen LogP contribution in [0.2, 0.25) is 0 Å². The number of unbranched alkanes of at least 4 members (excludes halogenated alkanes) is 1. The van der Waals surface area contributed by atoms with E-state index in [0.29, 0.717) is 22.6 Å². The third kappa shape index (κ3) is 6.62. The molecule has 1 aromatic rings. The number of urea groups is 1. The van der Waals surface area contributed by atoms with Crippen LogP contribution in [-0.4, -0.2) is 23.7 Å². The summed E-state index contributed by atoms with van der Waals surface area (Å²) < 4.78 is 0.539. The predicted octanol–water partition coefficient (Wildman–Crippen LogP) is 4.10. The summed E-state index contributed by atoms with van der Waals surface area (Å²) >= 11 is 3.25. The Morgan fingerprint density at radius 2 is 2.00 bits per heavy atom. The van der Waals surface area contributed by atoms with Gasteiger partial charge in [0.2, 0.25) is 0 Å². The minimum atomic E-state index is -1.00. The Morgan fingerprint density at radius 1 is 1.29 bits per heavy atom. The molecule has 0 spiro atoms. The van der Waals surface area contributed by atoms with Crippen LogP contribution >= 0.6 is 15.9 Å². The fourth-order valence-corrected chi connectivity index (χ4v) is 2.27. The average Bonchev–Trinajstić information content (AvgIpc) is 2.40. The van der Waals surface area contributed by atoms with Gasteiger partial charge in [-0.15, -0.1) is 0 Å². The number of hydrogen-bond acceptors (Lipinski definition) is 2. The number of carboxylic acids is 1. The average molecular weight is 357 g/mol. The van der Waals surface area contributed by atoms with E-state index in [1.807, 2.05) is 0 Å². The Labute approximate surface area is 133 Å². The van der Waals surface area contributed by atoms with E-state index in [2.05, 4.69) is 40.4 Å². The molecule has 0 saturated heterocycles. The number of carbonyl (C=O) groups excluding carboxylic acids is 1. The van der Waals surface area contributed by atoms with Crippen LogP contribution in [0.3, 0.4) is 0 Å². The van der Waals surface area contributed by atoms with Crippen LogP contribution in [0.1, 0.15) is 43.5 Å². The van der Waals surface area contributed by atoms with Crippen molar-refractivity contribution in [3.8, 4) is 0 Å². The molecule has 1 aromatic carbocycles. The highest BCUT2D eigenvalue weighted by molar-refractivity contribution is 9.10. The quantitative estimate of drug-likeness (QED) is 0.643. The Hall–Kier alpha value is -1.56. The molecule has 116 valence electrons. The zero-order valence-corrected chi connectivity index (χ0v) is 13.9. The van der Waals surface area contributed by atoms with E-state index in [1.165, 1.54) is 12.1 Å². The summed E-state index contributed by atoms with van der Waals surface area (Å²) in [5.41, 5.74) is 0.709. The first-order valence-electron chi connectivity index (χ1n) is 6.98. The first kappa shape index (κ1) is 17.5. The number of carboxylic acid groups (broad SMARTS) is 1. The van der Waals surface area contributed by atoms with Gasteiger partial charge in [-0.05, 0) is 46.5 Å². The zero-order chi connectivity index (χ0) is 15.8. The minimum absolute atomic E-state index is 0.168. The second kappa shape index (κ2) is 8.67. The maximum absolute atomic E-state index is 11.7. The van der Waals surface area contributed by atoms with Crippen LogP contribution in [0.25, 0.3) is 0 Å². The standard InChI is InChI=1S/C15H21BrN2O3/c1-10(2)5-3-4-8-17-15(21)18-13-7-6-11(14(19)20)9-12(13)16/h6-7,9-10H,3-5,8H2,1-2H3,(H,19,20)(H2,17,18,21). The molecule has 0 bridgehead atoms. The van der Waals surface area contributed by atoms with E-state index >= 15 is 0 Å². The first-order valence-corrected chi connectivity index (χ1v) is 7.77. The maximum Gasteiger partial charge on any atom is 0.335 e. The smallest absolute Gasteiger partial charge is 0.335 e. The number of amides is 2. The number of anilines is 1.